The van der Waals surface area contributed by atoms with Crippen LogP contribution in [0.3, 0.4) is 0 Å². The second kappa shape index (κ2) is 6.95. The van der Waals surface area contributed by atoms with Crippen molar-refractivity contribution < 1.29 is 14.3 Å². The van der Waals surface area contributed by atoms with Crippen molar-refractivity contribution in [1.29, 1.82) is 5.26 Å². The Morgan fingerprint density at radius 2 is 1.84 bits per heavy atom. The Balaban J connectivity index is 1.61. The number of benzene rings is 1. The van der Waals surface area contributed by atoms with E-state index in [9.17, 15) is 4.79 Å². The van der Waals surface area contributed by atoms with Crippen molar-refractivity contribution in [3.8, 4) is 11.8 Å². The Bertz CT molecular complexity index is 649. The summed E-state index contributed by atoms with van der Waals surface area (Å²) in [6.07, 6.45) is 4.41. The predicted molar refractivity (Wildman–Crippen MR) is 94.3 cm³/mol. The Morgan fingerprint density at radius 3 is 2.36 bits per heavy atom. The van der Waals surface area contributed by atoms with Gasteiger partial charge in [0.05, 0.1) is 11.6 Å². The molecule has 0 aromatic heterocycles. The van der Waals surface area contributed by atoms with Crippen molar-refractivity contribution in [2.75, 3.05) is 0 Å². The summed E-state index contributed by atoms with van der Waals surface area (Å²) in [5.74, 6) is 0.784. The van der Waals surface area contributed by atoms with Crippen LogP contribution >= 0.6 is 0 Å². The van der Waals surface area contributed by atoms with Gasteiger partial charge in [0.15, 0.2) is 0 Å². The molecule has 1 aromatic carbocycles. The molecule has 5 heteroatoms. The normalized spacial score (nSPS) is 25.4. The smallest absolute Gasteiger partial charge is 0.410 e. The number of piperidine rings is 1. The summed E-state index contributed by atoms with van der Waals surface area (Å²) in [6, 6.07) is 9.71. The summed E-state index contributed by atoms with van der Waals surface area (Å²) < 4.78 is 11.8. The lowest BCUT2D eigenvalue weighted by Gasteiger charge is -2.39. The predicted octanol–water partition coefficient (Wildman–Crippen LogP) is 4.26. The fourth-order valence-corrected chi connectivity index (χ4v) is 3.68. The van der Waals surface area contributed by atoms with Gasteiger partial charge in [-0.1, -0.05) is 6.92 Å². The topological polar surface area (TPSA) is 62.6 Å². The first-order chi connectivity index (χ1) is 11.9. The third-order valence-corrected chi connectivity index (χ3v) is 5.40. The minimum absolute atomic E-state index is 0.105. The molecule has 25 heavy (non-hydrogen) atoms. The highest BCUT2D eigenvalue weighted by Gasteiger charge is 2.45. The number of carbonyl (C=O) groups is 1. The molecule has 2 aliphatic rings. The number of hydrogen-bond donors (Lipinski definition) is 0. The minimum atomic E-state index is -0.424. The molecular formula is C20H26N2O3. The Labute approximate surface area is 149 Å². The zero-order chi connectivity index (χ0) is 18.0. The fourth-order valence-electron chi connectivity index (χ4n) is 3.68. The van der Waals surface area contributed by atoms with Crippen LogP contribution < -0.4 is 4.74 Å². The van der Waals surface area contributed by atoms with Crippen LogP contribution in [0.1, 0.15) is 58.4 Å². The number of ether oxygens (including phenoxy) is 2. The van der Waals surface area contributed by atoms with E-state index in [1.807, 2.05) is 37.8 Å². The number of hydrogen-bond acceptors (Lipinski definition) is 4. The van der Waals surface area contributed by atoms with Crippen molar-refractivity contribution in [2.24, 2.45) is 0 Å². The van der Waals surface area contributed by atoms with Crippen LogP contribution in [0.25, 0.3) is 0 Å². The summed E-state index contributed by atoms with van der Waals surface area (Å²) >= 11 is 0. The summed E-state index contributed by atoms with van der Waals surface area (Å²) in [7, 11) is 0. The zero-order valence-electron chi connectivity index (χ0n) is 15.2. The van der Waals surface area contributed by atoms with Gasteiger partial charge in [0.2, 0.25) is 0 Å². The average molecular weight is 342 g/mol. The maximum Gasteiger partial charge on any atom is 0.410 e. The molecule has 2 saturated heterocycles. The number of rotatable bonds is 4. The molecule has 5 nitrogen and oxygen atoms in total. The van der Waals surface area contributed by atoms with Crippen LogP contribution in [0.2, 0.25) is 0 Å². The zero-order valence-corrected chi connectivity index (χ0v) is 15.2. The third kappa shape index (κ3) is 3.89. The third-order valence-electron chi connectivity index (χ3n) is 5.40. The van der Waals surface area contributed by atoms with Crippen LogP contribution in [0.15, 0.2) is 24.3 Å². The monoisotopic (exact) mass is 342 g/mol. The van der Waals surface area contributed by atoms with Gasteiger partial charge in [0.1, 0.15) is 17.5 Å². The van der Waals surface area contributed by atoms with E-state index in [-0.39, 0.29) is 24.3 Å². The highest BCUT2D eigenvalue weighted by atomic mass is 16.6. The van der Waals surface area contributed by atoms with Crippen LogP contribution in [0.5, 0.6) is 5.75 Å². The van der Waals surface area contributed by atoms with Gasteiger partial charge in [0, 0.05) is 24.9 Å². The molecular weight excluding hydrogens is 316 g/mol. The van der Waals surface area contributed by atoms with Crippen molar-refractivity contribution in [2.45, 2.75) is 76.7 Å². The van der Waals surface area contributed by atoms with E-state index in [0.29, 0.717) is 5.56 Å². The van der Waals surface area contributed by atoms with Gasteiger partial charge in [0.25, 0.3) is 0 Å². The number of amides is 1. The Kier molecular flexibility index (Phi) is 4.89. The number of carbonyl (C=O) groups excluding carboxylic acids is 1. The van der Waals surface area contributed by atoms with E-state index >= 15 is 0 Å². The second-order valence-electron chi connectivity index (χ2n) is 7.62. The van der Waals surface area contributed by atoms with E-state index in [0.717, 1.165) is 37.9 Å². The molecule has 0 radical (unpaired) electrons. The molecule has 2 fully saturated rings. The van der Waals surface area contributed by atoms with Gasteiger partial charge in [-0.05, 0) is 57.4 Å². The van der Waals surface area contributed by atoms with E-state index in [4.69, 9.17) is 14.7 Å². The fraction of sp³-hybridized carbons (Fsp3) is 0.600. The molecule has 3 rings (SSSR count). The molecule has 2 bridgehead atoms. The van der Waals surface area contributed by atoms with Gasteiger partial charge in [-0.15, -0.1) is 0 Å². The van der Waals surface area contributed by atoms with E-state index in [1.54, 1.807) is 12.1 Å². The van der Waals surface area contributed by atoms with Gasteiger partial charge >= 0.3 is 6.09 Å². The first kappa shape index (κ1) is 17.6. The first-order valence-corrected chi connectivity index (χ1v) is 9.10. The highest BCUT2D eigenvalue weighted by Crippen LogP contribution is 2.38. The molecule has 1 amide bonds. The molecule has 2 aliphatic heterocycles. The maximum atomic E-state index is 12.6. The average Bonchev–Trinajstić information content (AvgIpc) is 2.86. The minimum Gasteiger partial charge on any atom is -0.490 e. The summed E-state index contributed by atoms with van der Waals surface area (Å²) in [5, 5.41) is 8.87. The van der Waals surface area contributed by atoms with E-state index in [1.165, 1.54) is 0 Å². The van der Waals surface area contributed by atoms with Crippen molar-refractivity contribution in [3.05, 3.63) is 29.8 Å². The largest absolute Gasteiger partial charge is 0.490 e. The lowest BCUT2D eigenvalue weighted by molar-refractivity contribution is -0.0159. The molecule has 2 heterocycles. The second-order valence-corrected chi connectivity index (χ2v) is 7.62. The molecule has 0 N–H and O–H groups in total. The van der Waals surface area contributed by atoms with Crippen molar-refractivity contribution in [1.82, 2.24) is 4.90 Å². The van der Waals surface area contributed by atoms with Gasteiger partial charge < -0.3 is 14.4 Å². The lowest BCUT2D eigenvalue weighted by atomic mass is 10.00. The number of nitriles is 1. The van der Waals surface area contributed by atoms with Gasteiger partial charge in [-0.3, -0.25) is 0 Å². The molecule has 1 aromatic rings. The van der Waals surface area contributed by atoms with E-state index < -0.39 is 5.60 Å². The first-order valence-electron chi connectivity index (χ1n) is 9.10. The molecule has 0 aliphatic carbocycles. The van der Waals surface area contributed by atoms with Crippen LogP contribution in [0.4, 0.5) is 4.79 Å². The van der Waals surface area contributed by atoms with Crippen molar-refractivity contribution in [3.63, 3.8) is 0 Å². The SMILES string of the molecule is CCC(C)(C)OC(=O)N1C2CCC1CC(Oc1ccc(C#N)cc1)C2. The molecule has 2 unspecified atom stereocenters. The lowest BCUT2D eigenvalue weighted by Crippen LogP contribution is -2.51. The highest BCUT2D eigenvalue weighted by molar-refractivity contribution is 5.69. The number of fused-ring (bicyclic) bond motifs is 2. The van der Waals surface area contributed by atoms with Gasteiger partial charge in [-0.25, -0.2) is 4.79 Å². The quantitative estimate of drug-likeness (QED) is 0.820. The van der Waals surface area contributed by atoms with E-state index in [2.05, 4.69) is 6.07 Å². The number of nitrogens with zero attached hydrogens (tertiary/aromatic N) is 2. The van der Waals surface area contributed by atoms with Crippen molar-refractivity contribution >= 4 is 6.09 Å². The molecule has 2 atom stereocenters. The molecule has 0 spiro atoms. The maximum absolute atomic E-state index is 12.6. The molecule has 0 saturated carbocycles. The Hall–Kier alpha value is -2.22. The van der Waals surface area contributed by atoms with Crippen LogP contribution in [-0.2, 0) is 4.74 Å². The standard InChI is InChI=1S/C20H26N2O3/c1-4-20(2,3)25-19(23)22-15-7-8-16(22)12-18(11-15)24-17-9-5-14(13-21)6-10-17/h5-6,9-10,15-16,18H,4,7-8,11-12H2,1-3H3. The van der Waals surface area contributed by atoms with Gasteiger partial charge in [-0.2, -0.15) is 5.26 Å². The summed E-state index contributed by atoms with van der Waals surface area (Å²) in [6.45, 7) is 5.93. The molecule has 134 valence electrons. The Morgan fingerprint density at radius 1 is 1.24 bits per heavy atom. The van der Waals surface area contributed by atoms with Crippen LogP contribution in [0, 0.1) is 11.3 Å². The summed E-state index contributed by atoms with van der Waals surface area (Å²) in [5.41, 5.74) is 0.204. The summed E-state index contributed by atoms with van der Waals surface area (Å²) in [4.78, 5) is 14.5. The van der Waals surface area contributed by atoms with Crippen LogP contribution in [-0.4, -0.2) is 34.8 Å².